The number of fused-ring (bicyclic) bond motifs is 4. The van der Waals surface area contributed by atoms with Crippen molar-refractivity contribution in [3.8, 4) is 6.07 Å². The highest BCUT2D eigenvalue weighted by molar-refractivity contribution is 5.73. The summed E-state index contributed by atoms with van der Waals surface area (Å²) < 4.78 is 19.6. The third-order valence-electron chi connectivity index (χ3n) is 9.66. The molecule has 4 aromatic rings. The Morgan fingerprint density at radius 2 is 2.11 bits per heavy atom. The van der Waals surface area contributed by atoms with Crippen molar-refractivity contribution in [2.75, 3.05) is 5.32 Å². The van der Waals surface area contributed by atoms with E-state index in [1.807, 2.05) is 4.57 Å². The first kappa shape index (κ1) is 19.5. The second-order valence-electron chi connectivity index (χ2n) is 11.1. The van der Waals surface area contributed by atoms with Crippen molar-refractivity contribution < 1.29 is 4.39 Å². The first-order valence-electron chi connectivity index (χ1n) is 12.0. The molecule has 10 nitrogen and oxygen atoms in total. The number of hydrogen-bond donors (Lipinski definition) is 1. The van der Waals surface area contributed by atoms with Crippen LogP contribution in [-0.2, 0) is 12.6 Å². The van der Waals surface area contributed by atoms with Gasteiger partial charge in [-0.1, -0.05) is 0 Å². The fourth-order valence-corrected chi connectivity index (χ4v) is 8.53. The molecule has 5 unspecified atom stereocenters. The molecule has 176 valence electrons. The van der Waals surface area contributed by atoms with Crippen LogP contribution in [0.2, 0.25) is 0 Å². The topological polar surface area (TPSA) is 119 Å². The van der Waals surface area contributed by atoms with Gasteiger partial charge in [0.15, 0.2) is 17.1 Å². The quantitative estimate of drug-likeness (QED) is 0.488. The largest absolute Gasteiger partial charge is 0.330 e. The van der Waals surface area contributed by atoms with Crippen molar-refractivity contribution in [1.29, 1.82) is 5.26 Å². The van der Waals surface area contributed by atoms with Gasteiger partial charge in [-0.2, -0.15) is 15.3 Å². The van der Waals surface area contributed by atoms with Crippen LogP contribution in [0.25, 0.3) is 16.8 Å². The third kappa shape index (κ3) is 2.13. The molecule has 4 heterocycles. The van der Waals surface area contributed by atoms with Gasteiger partial charge in [-0.05, 0) is 55.8 Å². The molecule has 0 aromatic carbocycles. The van der Waals surface area contributed by atoms with Crippen molar-refractivity contribution >= 4 is 28.4 Å². The molecule has 5 atom stereocenters. The third-order valence-corrected chi connectivity index (χ3v) is 9.66. The summed E-state index contributed by atoms with van der Waals surface area (Å²) >= 11 is 0. The van der Waals surface area contributed by atoms with Crippen LogP contribution in [0.1, 0.15) is 38.5 Å². The minimum Gasteiger partial charge on any atom is -0.320 e. The van der Waals surface area contributed by atoms with Gasteiger partial charge in [0.25, 0.3) is 0 Å². The number of nitrogens with zero attached hydrogens (tertiary/aromatic N) is 8. The Morgan fingerprint density at radius 3 is 2.97 bits per heavy atom. The smallest absolute Gasteiger partial charge is 0.320 e. The van der Waals surface area contributed by atoms with Gasteiger partial charge in [-0.15, -0.1) is 0 Å². The Labute approximate surface area is 198 Å². The van der Waals surface area contributed by atoms with Crippen molar-refractivity contribution in [2.45, 2.75) is 44.1 Å². The average molecular weight is 472 g/mol. The van der Waals surface area contributed by atoms with Gasteiger partial charge in [0, 0.05) is 13.1 Å². The Balaban J connectivity index is 1.26. The van der Waals surface area contributed by atoms with Crippen molar-refractivity contribution in [1.82, 2.24) is 33.7 Å². The zero-order valence-corrected chi connectivity index (χ0v) is 19.1. The Bertz CT molecular complexity index is 1690. The SMILES string of the molecule is Cn1c(=O)n(C23CC4CC5(C#N)CC(C2)C5(C4)C3)c2nc(Nc3cn4ncnc4cc3F)ncc21. The molecule has 11 heteroatoms. The molecule has 0 amide bonds. The van der Waals surface area contributed by atoms with E-state index in [0.717, 1.165) is 38.5 Å². The van der Waals surface area contributed by atoms with E-state index >= 15 is 0 Å². The summed E-state index contributed by atoms with van der Waals surface area (Å²) in [5.41, 5.74) is 1.14. The predicted molar refractivity (Wildman–Crippen MR) is 122 cm³/mol. The number of nitrogens with one attached hydrogen (secondary N) is 1. The van der Waals surface area contributed by atoms with E-state index in [-0.39, 0.29) is 33.7 Å². The average Bonchev–Trinajstić information content (AvgIpc) is 3.48. The number of aromatic nitrogens is 7. The maximum atomic E-state index is 14.7. The summed E-state index contributed by atoms with van der Waals surface area (Å²) in [5, 5.41) is 17.1. The Morgan fingerprint density at radius 1 is 1.23 bits per heavy atom. The van der Waals surface area contributed by atoms with Gasteiger partial charge in [-0.3, -0.25) is 9.13 Å². The van der Waals surface area contributed by atoms with Crippen molar-refractivity contribution in [3.63, 3.8) is 0 Å². The van der Waals surface area contributed by atoms with Crippen LogP contribution in [0.4, 0.5) is 16.0 Å². The molecule has 1 N–H and O–H groups in total. The maximum Gasteiger partial charge on any atom is 0.330 e. The number of imidazole rings is 1. The number of rotatable bonds is 3. The monoisotopic (exact) mass is 471 g/mol. The number of hydrogen-bond acceptors (Lipinski definition) is 7. The number of anilines is 2. The van der Waals surface area contributed by atoms with Crippen LogP contribution >= 0.6 is 0 Å². The molecular weight excluding hydrogens is 449 g/mol. The van der Waals surface area contributed by atoms with Gasteiger partial charge in [0.1, 0.15) is 11.8 Å². The van der Waals surface area contributed by atoms with Gasteiger partial charge in [0.05, 0.1) is 35.1 Å². The zero-order valence-electron chi connectivity index (χ0n) is 19.1. The highest BCUT2D eigenvalue weighted by Gasteiger charge is 2.78. The first-order valence-corrected chi connectivity index (χ1v) is 12.0. The molecule has 4 fully saturated rings. The van der Waals surface area contributed by atoms with E-state index in [1.54, 1.807) is 17.8 Å². The number of aryl methyl sites for hydroxylation is 1. The fraction of sp³-hybridized carbons (Fsp3) is 0.500. The molecule has 1 spiro atoms. The van der Waals surface area contributed by atoms with E-state index in [1.165, 1.54) is 23.1 Å². The van der Waals surface area contributed by atoms with E-state index in [2.05, 4.69) is 26.5 Å². The summed E-state index contributed by atoms with van der Waals surface area (Å²) in [6.07, 6.45) is 10.2. The second kappa shape index (κ2) is 5.87. The lowest BCUT2D eigenvalue weighted by atomic mass is 9.47. The normalized spacial score (nSPS) is 34.3. The standard InChI is InChI=1S/C24H22FN9O/c1-32-17-8-27-20(30-16-9-33-18(2-15(16)25)28-12-29-33)31-19(17)34(21(32)35)23-4-13-3-22(11-26)6-14(7-23)24(22,5-13)10-23/h2,8-9,12-14H,3-7,10H2,1H3,(H,27,30,31). The van der Waals surface area contributed by atoms with Gasteiger partial charge in [0.2, 0.25) is 5.95 Å². The first-order chi connectivity index (χ1) is 16.9. The van der Waals surface area contributed by atoms with Crippen LogP contribution in [0.5, 0.6) is 0 Å². The molecule has 4 aromatic heterocycles. The lowest BCUT2D eigenvalue weighted by molar-refractivity contribution is -0.0572. The minimum atomic E-state index is -0.499. The van der Waals surface area contributed by atoms with Crippen LogP contribution in [0.3, 0.4) is 0 Å². The lowest BCUT2D eigenvalue weighted by Crippen LogP contribution is -2.51. The molecule has 8 rings (SSSR count). The molecule has 3 bridgehead atoms. The van der Waals surface area contributed by atoms with Crippen LogP contribution in [0, 0.1) is 39.8 Å². The lowest BCUT2D eigenvalue weighted by Gasteiger charge is -2.54. The minimum absolute atomic E-state index is 0.0384. The number of nitriles is 1. The van der Waals surface area contributed by atoms with E-state index < -0.39 is 5.82 Å². The molecule has 4 saturated carbocycles. The number of halogens is 1. The summed E-state index contributed by atoms with van der Waals surface area (Å²) in [4.78, 5) is 26.7. The second-order valence-corrected chi connectivity index (χ2v) is 11.1. The number of pyridine rings is 1. The van der Waals surface area contributed by atoms with E-state index in [0.29, 0.717) is 28.6 Å². The summed E-state index contributed by atoms with van der Waals surface area (Å²) in [6, 6.07) is 3.99. The van der Waals surface area contributed by atoms with Gasteiger partial charge in [-0.25, -0.2) is 23.7 Å². The molecule has 35 heavy (non-hydrogen) atoms. The summed E-state index contributed by atoms with van der Waals surface area (Å²) in [7, 11) is 1.74. The van der Waals surface area contributed by atoms with Crippen LogP contribution in [0.15, 0.2) is 29.6 Å². The summed E-state index contributed by atoms with van der Waals surface area (Å²) in [6.45, 7) is 0. The maximum absolute atomic E-state index is 14.7. The highest BCUT2D eigenvalue weighted by atomic mass is 19.1. The molecule has 0 aliphatic heterocycles. The molecule has 4 aliphatic rings. The van der Waals surface area contributed by atoms with E-state index in [9.17, 15) is 14.4 Å². The predicted octanol–water partition coefficient (Wildman–Crippen LogP) is 2.87. The van der Waals surface area contributed by atoms with Crippen molar-refractivity contribution in [2.24, 2.45) is 29.7 Å². The van der Waals surface area contributed by atoms with Crippen molar-refractivity contribution in [3.05, 3.63) is 41.1 Å². The van der Waals surface area contributed by atoms with Crippen LogP contribution < -0.4 is 11.0 Å². The van der Waals surface area contributed by atoms with Gasteiger partial charge >= 0.3 is 5.69 Å². The molecular formula is C24H22FN9O. The zero-order chi connectivity index (χ0) is 23.7. The molecule has 4 aliphatic carbocycles. The Kier molecular flexibility index (Phi) is 3.27. The van der Waals surface area contributed by atoms with Gasteiger partial charge < -0.3 is 5.32 Å². The van der Waals surface area contributed by atoms with E-state index in [4.69, 9.17) is 4.98 Å². The summed E-state index contributed by atoms with van der Waals surface area (Å²) in [5.74, 6) is 0.651. The Hall–Kier alpha value is -3.81. The molecule has 0 radical (unpaired) electrons. The highest BCUT2D eigenvalue weighted by Crippen LogP contribution is 2.83. The fourth-order valence-electron chi connectivity index (χ4n) is 8.53. The molecule has 0 saturated heterocycles. The van der Waals surface area contributed by atoms with Crippen LogP contribution in [-0.4, -0.2) is 33.7 Å².